The van der Waals surface area contributed by atoms with E-state index in [9.17, 15) is 9.59 Å². The molecule has 4 rings (SSSR count). The molecule has 1 saturated heterocycles. The van der Waals surface area contributed by atoms with Crippen LogP contribution in [0.2, 0.25) is 10.0 Å². The Hall–Kier alpha value is -2.68. The van der Waals surface area contributed by atoms with Gasteiger partial charge >= 0.3 is 6.09 Å². The Kier molecular flexibility index (Phi) is 17.9. The van der Waals surface area contributed by atoms with E-state index in [-0.39, 0.29) is 12.6 Å². The highest BCUT2D eigenvalue weighted by Crippen LogP contribution is 2.33. The molecule has 0 atom stereocenters. The van der Waals surface area contributed by atoms with Crippen LogP contribution in [0.1, 0.15) is 109 Å². The van der Waals surface area contributed by atoms with E-state index in [0.717, 1.165) is 81.1 Å². The summed E-state index contributed by atoms with van der Waals surface area (Å²) < 4.78 is 11.7. The van der Waals surface area contributed by atoms with Gasteiger partial charge in [0.1, 0.15) is 5.75 Å². The average Bonchev–Trinajstić information content (AvgIpc) is 3.12. The normalized spacial score (nSPS) is 14.9. The van der Waals surface area contributed by atoms with Crippen molar-refractivity contribution >= 4 is 46.6 Å². The summed E-state index contributed by atoms with van der Waals surface area (Å²) in [5.74, 6) is 0.690. The van der Waals surface area contributed by atoms with Gasteiger partial charge in [-0.25, -0.2) is 4.79 Å². The first-order chi connectivity index (χ1) is 24.4. The van der Waals surface area contributed by atoms with Crippen LogP contribution < -0.4 is 14.5 Å². The van der Waals surface area contributed by atoms with Gasteiger partial charge in [-0.1, -0.05) is 113 Å². The highest BCUT2D eigenvalue weighted by Gasteiger charge is 2.26. The monoisotopic (exact) mass is 730 g/mol. The first-order valence-electron chi connectivity index (χ1n) is 19.2. The first kappa shape index (κ1) is 40.1. The Morgan fingerprint density at radius 3 is 2.18 bits per heavy atom. The molecular formula is C40H60Cl2N4O4. The lowest BCUT2D eigenvalue weighted by molar-refractivity contribution is -0.119. The summed E-state index contributed by atoms with van der Waals surface area (Å²) in [7, 11) is 1.77. The van der Waals surface area contributed by atoms with Crippen LogP contribution >= 0.6 is 23.2 Å². The molecule has 1 fully saturated rings. The molecule has 2 aromatic carbocycles. The number of rotatable bonds is 22. The van der Waals surface area contributed by atoms with Crippen molar-refractivity contribution in [3.05, 3.63) is 52.0 Å². The van der Waals surface area contributed by atoms with Crippen LogP contribution in [0.4, 0.5) is 16.2 Å². The SMILES string of the molecule is CCCCCCCCCCCCCCN(C)C(=O)OCN1C(=O)CCc2ccc(OCCCCN3CCN(c4cccc(Cl)c4Cl)CC3)cc21. The number of hydrogen-bond donors (Lipinski definition) is 0. The molecule has 278 valence electrons. The topological polar surface area (TPSA) is 65.6 Å². The van der Waals surface area contributed by atoms with Crippen LogP contribution in [0.25, 0.3) is 0 Å². The molecular weight excluding hydrogens is 671 g/mol. The number of carbonyl (C=O) groups is 2. The number of ether oxygens (including phenoxy) is 2. The molecule has 0 aromatic heterocycles. The Morgan fingerprint density at radius 1 is 0.800 bits per heavy atom. The molecule has 0 radical (unpaired) electrons. The van der Waals surface area contributed by atoms with Gasteiger partial charge in [0, 0.05) is 52.3 Å². The summed E-state index contributed by atoms with van der Waals surface area (Å²) in [6.07, 6.45) is 18.0. The zero-order chi connectivity index (χ0) is 35.6. The van der Waals surface area contributed by atoms with Gasteiger partial charge in [-0.3, -0.25) is 14.6 Å². The zero-order valence-electron chi connectivity index (χ0n) is 30.6. The number of piperazine rings is 1. The van der Waals surface area contributed by atoms with Gasteiger partial charge in [0.15, 0.2) is 6.73 Å². The zero-order valence-corrected chi connectivity index (χ0v) is 32.1. The van der Waals surface area contributed by atoms with Crippen molar-refractivity contribution in [2.75, 3.05) is 69.5 Å². The number of aryl methyl sites for hydroxylation is 1. The van der Waals surface area contributed by atoms with Gasteiger partial charge in [-0.05, 0) is 56.0 Å². The van der Waals surface area contributed by atoms with Crippen LogP contribution in [0, 0.1) is 0 Å². The summed E-state index contributed by atoms with van der Waals surface area (Å²) in [5.41, 5.74) is 2.84. The molecule has 0 aliphatic carbocycles. The van der Waals surface area contributed by atoms with Crippen LogP contribution in [0.15, 0.2) is 36.4 Å². The minimum Gasteiger partial charge on any atom is -0.494 e. The summed E-state index contributed by atoms with van der Waals surface area (Å²) in [4.78, 5) is 33.6. The number of anilines is 2. The lowest BCUT2D eigenvalue weighted by Gasteiger charge is -2.36. The van der Waals surface area contributed by atoms with Crippen molar-refractivity contribution in [2.45, 2.75) is 110 Å². The number of hydrogen-bond acceptors (Lipinski definition) is 6. The molecule has 10 heteroatoms. The number of fused-ring (bicyclic) bond motifs is 1. The third kappa shape index (κ3) is 13.1. The second-order valence-electron chi connectivity index (χ2n) is 13.9. The van der Waals surface area contributed by atoms with Gasteiger partial charge < -0.3 is 19.3 Å². The smallest absolute Gasteiger partial charge is 0.411 e. The highest BCUT2D eigenvalue weighted by molar-refractivity contribution is 6.43. The molecule has 0 bridgehead atoms. The summed E-state index contributed by atoms with van der Waals surface area (Å²) >= 11 is 12.6. The third-order valence-corrected chi connectivity index (χ3v) is 10.8. The molecule has 0 unspecified atom stereocenters. The molecule has 2 amide bonds. The van der Waals surface area contributed by atoms with Gasteiger partial charge in [0.05, 0.1) is 28.0 Å². The predicted molar refractivity (Wildman–Crippen MR) is 207 cm³/mol. The van der Waals surface area contributed by atoms with Gasteiger partial charge in [0.2, 0.25) is 5.91 Å². The van der Waals surface area contributed by atoms with Crippen LogP contribution in [-0.4, -0.2) is 81.5 Å². The number of benzene rings is 2. The van der Waals surface area contributed by atoms with Gasteiger partial charge in [0.25, 0.3) is 0 Å². The maximum absolute atomic E-state index is 12.9. The Bertz CT molecular complexity index is 1320. The lowest BCUT2D eigenvalue weighted by atomic mass is 10.0. The molecule has 8 nitrogen and oxygen atoms in total. The summed E-state index contributed by atoms with van der Waals surface area (Å²) in [6.45, 7) is 8.27. The minimum absolute atomic E-state index is 0.0382. The first-order valence-corrected chi connectivity index (χ1v) is 20.0. The van der Waals surface area contributed by atoms with Crippen molar-refractivity contribution in [1.29, 1.82) is 0 Å². The summed E-state index contributed by atoms with van der Waals surface area (Å²) in [6, 6.07) is 11.7. The maximum atomic E-state index is 12.9. The average molecular weight is 732 g/mol. The van der Waals surface area contributed by atoms with Crippen molar-refractivity contribution in [2.24, 2.45) is 0 Å². The third-order valence-electron chi connectivity index (χ3n) is 10.0. The highest BCUT2D eigenvalue weighted by atomic mass is 35.5. The lowest BCUT2D eigenvalue weighted by Crippen LogP contribution is -2.46. The number of amides is 2. The largest absolute Gasteiger partial charge is 0.494 e. The Morgan fingerprint density at radius 2 is 1.48 bits per heavy atom. The van der Waals surface area contributed by atoms with E-state index in [1.807, 2.05) is 36.4 Å². The van der Waals surface area contributed by atoms with Crippen molar-refractivity contribution < 1.29 is 19.1 Å². The number of halogens is 2. The number of carbonyl (C=O) groups excluding carboxylic acids is 2. The molecule has 2 heterocycles. The van der Waals surface area contributed by atoms with E-state index < -0.39 is 6.09 Å². The Labute approximate surface area is 311 Å². The quantitative estimate of drug-likeness (QED) is 0.112. The van der Waals surface area contributed by atoms with Gasteiger partial charge in [-0.15, -0.1) is 0 Å². The fraction of sp³-hybridized carbons (Fsp3) is 0.650. The van der Waals surface area contributed by atoms with E-state index in [1.165, 1.54) is 64.2 Å². The Balaban J connectivity index is 1.09. The van der Waals surface area contributed by atoms with Crippen LogP contribution in [-0.2, 0) is 16.0 Å². The van der Waals surface area contributed by atoms with E-state index in [2.05, 4.69) is 16.7 Å². The van der Waals surface area contributed by atoms with E-state index >= 15 is 0 Å². The van der Waals surface area contributed by atoms with E-state index in [0.29, 0.717) is 36.0 Å². The van der Waals surface area contributed by atoms with Crippen molar-refractivity contribution in [3.63, 3.8) is 0 Å². The van der Waals surface area contributed by atoms with Crippen molar-refractivity contribution in [1.82, 2.24) is 9.80 Å². The standard InChI is InChI=1S/C40H60Cl2N4O4/c1-3-4-5-6-7-8-9-10-11-12-13-14-24-43(2)40(48)50-32-46-37-31-34(22-20-33(37)21-23-38(46)47)49-30-16-15-25-44-26-28-45(29-27-44)36-19-17-18-35(41)39(36)42/h17-20,22,31H,3-16,21,23-30,32H2,1-2H3. The second kappa shape index (κ2) is 22.3. The van der Waals surface area contributed by atoms with Crippen molar-refractivity contribution in [3.8, 4) is 5.75 Å². The number of nitrogens with zero attached hydrogens (tertiary/aromatic N) is 4. The maximum Gasteiger partial charge on any atom is 0.411 e. The van der Waals surface area contributed by atoms with Crippen LogP contribution in [0.5, 0.6) is 5.75 Å². The molecule has 0 N–H and O–H groups in total. The van der Waals surface area contributed by atoms with Crippen LogP contribution in [0.3, 0.4) is 0 Å². The molecule has 0 spiro atoms. The second-order valence-corrected chi connectivity index (χ2v) is 14.7. The molecule has 0 saturated carbocycles. The fourth-order valence-electron chi connectivity index (χ4n) is 6.84. The molecule has 2 aliphatic rings. The minimum atomic E-state index is -0.393. The summed E-state index contributed by atoms with van der Waals surface area (Å²) in [5, 5.41) is 1.22. The fourth-order valence-corrected chi connectivity index (χ4v) is 7.25. The molecule has 2 aromatic rings. The molecule has 2 aliphatic heterocycles. The van der Waals surface area contributed by atoms with E-state index in [1.54, 1.807) is 16.8 Å². The predicted octanol–water partition coefficient (Wildman–Crippen LogP) is 9.98. The van der Waals surface area contributed by atoms with E-state index in [4.69, 9.17) is 32.7 Å². The molecule has 50 heavy (non-hydrogen) atoms. The van der Waals surface area contributed by atoms with Gasteiger partial charge in [-0.2, -0.15) is 0 Å². The number of unbranched alkanes of at least 4 members (excludes halogenated alkanes) is 12.